The molecule has 16 heavy (non-hydrogen) atoms. The van der Waals surface area contributed by atoms with Gasteiger partial charge in [0.2, 0.25) is 0 Å². The van der Waals surface area contributed by atoms with Crippen molar-refractivity contribution in [3.8, 4) is 0 Å². The molecule has 0 radical (unpaired) electrons. The van der Waals surface area contributed by atoms with Crippen LogP contribution >= 0.6 is 0 Å². The van der Waals surface area contributed by atoms with Crippen molar-refractivity contribution in [1.29, 1.82) is 0 Å². The zero-order valence-corrected chi connectivity index (χ0v) is 11.7. The maximum atomic E-state index is 11.5. The molecule has 0 saturated carbocycles. The summed E-state index contributed by atoms with van der Waals surface area (Å²) < 4.78 is 44.6. The molecule has 1 N–H and O–H groups in total. The third kappa shape index (κ3) is 9.11. The highest BCUT2D eigenvalue weighted by Gasteiger charge is 2.14. The van der Waals surface area contributed by atoms with E-state index in [4.69, 9.17) is 0 Å². The van der Waals surface area contributed by atoms with E-state index in [1.165, 1.54) is 0 Å². The van der Waals surface area contributed by atoms with Crippen molar-refractivity contribution in [1.82, 2.24) is 5.32 Å². The van der Waals surface area contributed by atoms with Crippen LogP contribution in [0.15, 0.2) is 0 Å². The summed E-state index contributed by atoms with van der Waals surface area (Å²) in [7, 11) is -4.60. The van der Waals surface area contributed by atoms with E-state index in [1.807, 2.05) is 14.0 Å². The zero-order valence-electron chi connectivity index (χ0n) is 10.1. The van der Waals surface area contributed by atoms with Crippen LogP contribution in [-0.2, 0) is 19.7 Å². The number of rotatable bonds is 8. The molecule has 0 amide bonds. The van der Waals surface area contributed by atoms with Gasteiger partial charge in [0.05, 0.1) is 17.3 Å². The lowest BCUT2D eigenvalue weighted by Gasteiger charge is -2.09. The predicted molar refractivity (Wildman–Crippen MR) is 66.1 cm³/mol. The third-order valence-corrected chi connectivity index (χ3v) is 5.29. The smallest absolute Gasteiger partial charge is 0.151 e. The Kier molecular flexibility index (Phi) is 6.50. The van der Waals surface area contributed by atoms with Crippen molar-refractivity contribution in [2.24, 2.45) is 0 Å². The molecule has 0 aliphatic heterocycles. The predicted octanol–water partition coefficient (Wildman–Crippen LogP) is -0.166. The molecule has 0 aromatic heterocycles. The summed E-state index contributed by atoms with van der Waals surface area (Å²) in [6.07, 6.45) is 2.38. The molecule has 1 atom stereocenters. The van der Waals surface area contributed by atoms with E-state index in [0.29, 0.717) is 6.42 Å². The second kappa shape index (κ2) is 6.56. The van der Waals surface area contributed by atoms with Crippen molar-refractivity contribution >= 4 is 19.7 Å². The average Bonchev–Trinajstić information content (AvgIpc) is 2.13. The Morgan fingerprint density at radius 1 is 1.06 bits per heavy atom. The van der Waals surface area contributed by atoms with Crippen LogP contribution in [0.4, 0.5) is 0 Å². The molecule has 0 bridgehead atoms. The van der Waals surface area contributed by atoms with E-state index in [0.717, 1.165) is 12.7 Å². The minimum atomic E-state index is -3.23. The first-order valence-corrected chi connectivity index (χ1v) is 9.10. The molecule has 5 nitrogen and oxygen atoms in total. The van der Waals surface area contributed by atoms with Gasteiger partial charge in [0, 0.05) is 12.3 Å². The van der Waals surface area contributed by atoms with Crippen LogP contribution in [0.1, 0.15) is 19.8 Å². The number of hydrogen-bond acceptors (Lipinski definition) is 5. The second-order valence-electron chi connectivity index (χ2n) is 4.11. The molecular weight excluding hydrogens is 250 g/mol. The summed E-state index contributed by atoms with van der Waals surface area (Å²) >= 11 is 0. The van der Waals surface area contributed by atoms with Gasteiger partial charge in [-0.05, 0) is 26.8 Å². The van der Waals surface area contributed by atoms with Crippen LogP contribution in [-0.4, -0.2) is 53.4 Å². The summed E-state index contributed by atoms with van der Waals surface area (Å²) in [4.78, 5) is 0. The van der Waals surface area contributed by atoms with Crippen molar-refractivity contribution < 1.29 is 16.8 Å². The highest BCUT2D eigenvalue weighted by molar-refractivity contribution is 7.94. The first kappa shape index (κ1) is 15.9. The van der Waals surface area contributed by atoms with Gasteiger partial charge in [0.1, 0.15) is 9.84 Å². The number of sulfone groups is 2. The summed E-state index contributed by atoms with van der Waals surface area (Å²) in [5, 5.41) is 3.02. The molecule has 0 heterocycles. The topological polar surface area (TPSA) is 80.3 Å². The van der Waals surface area contributed by atoms with Crippen molar-refractivity contribution in [3.05, 3.63) is 0 Å². The minimum Gasteiger partial charge on any atom is -0.317 e. The van der Waals surface area contributed by atoms with Crippen LogP contribution in [0.3, 0.4) is 0 Å². The first-order valence-electron chi connectivity index (χ1n) is 5.22. The second-order valence-corrected chi connectivity index (χ2v) is 8.68. The molecule has 7 heteroatoms. The maximum Gasteiger partial charge on any atom is 0.151 e. The molecule has 98 valence electrons. The fourth-order valence-corrected chi connectivity index (χ4v) is 4.17. The molecule has 0 saturated heterocycles. The largest absolute Gasteiger partial charge is 0.317 e. The lowest BCUT2D eigenvalue weighted by Crippen LogP contribution is -2.23. The summed E-state index contributed by atoms with van der Waals surface area (Å²) in [5.41, 5.74) is 0. The SMILES string of the molecule is CNC(C)CCCS(=O)(=O)CCS(C)(=O)=O. The van der Waals surface area contributed by atoms with Crippen LogP contribution in [0, 0.1) is 0 Å². The maximum absolute atomic E-state index is 11.5. The Labute approximate surface area is 98.5 Å². The molecule has 0 spiro atoms. The molecule has 0 aromatic rings. The Morgan fingerprint density at radius 3 is 2.06 bits per heavy atom. The van der Waals surface area contributed by atoms with Crippen LogP contribution < -0.4 is 5.32 Å². The van der Waals surface area contributed by atoms with E-state index in [1.54, 1.807) is 0 Å². The van der Waals surface area contributed by atoms with E-state index >= 15 is 0 Å². The molecular formula is C9H21NO4S2. The van der Waals surface area contributed by atoms with E-state index in [9.17, 15) is 16.8 Å². The Hall–Kier alpha value is -0.140. The van der Waals surface area contributed by atoms with Crippen LogP contribution in [0.5, 0.6) is 0 Å². The quantitative estimate of drug-likeness (QED) is 0.663. The van der Waals surface area contributed by atoms with Crippen LogP contribution in [0.2, 0.25) is 0 Å². The summed E-state index contributed by atoms with van der Waals surface area (Å²) in [6, 6.07) is 0.283. The zero-order chi connectivity index (χ0) is 12.8. The van der Waals surface area contributed by atoms with Gasteiger partial charge in [0.25, 0.3) is 0 Å². The fraction of sp³-hybridized carbons (Fsp3) is 1.00. The normalized spacial score (nSPS) is 14.9. The molecule has 0 aromatic carbocycles. The van der Waals surface area contributed by atoms with Gasteiger partial charge in [-0.2, -0.15) is 0 Å². The molecule has 1 unspecified atom stereocenters. The Bertz CT molecular complexity index is 386. The summed E-state index contributed by atoms with van der Waals surface area (Å²) in [5.74, 6) is -0.481. The van der Waals surface area contributed by atoms with Gasteiger partial charge in [-0.25, -0.2) is 16.8 Å². The van der Waals surface area contributed by atoms with Gasteiger partial charge >= 0.3 is 0 Å². The lowest BCUT2D eigenvalue weighted by atomic mass is 10.2. The molecule has 0 aliphatic rings. The van der Waals surface area contributed by atoms with Gasteiger partial charge < -0.3 is 5.32 Å². The summed E-state index contributed by atoms with van der Waals surface area (Å²) in [6.45, 7) is 1.98. The van der Waals surface area contributed by atoms with E-state index < -0.39 is 19.7 Å². The van der Waals surface area contributed by atoms with E-state index in [-0.39, 0.29) is 23.3 Å². The van der Waals surface area contributed by atoms with E-state index in [2.05, 4.69) is 5.32 Å². The molecule has 0 fully saturated rings. The monoisotopic (exact) mass is 271 g/mol. The molecule has 0 rings (SSSR count). The molecule has 0 aliphatic carbocycles. The van der Waals surface area contributed by atoms with Gasteiger partial charge in [-0.15, -0.1) is 0 Å². The van der Waals surface area contributed by atoms with Crippen LogP contribution in [0.25, 0.3) is 0 Å². The standard InChI is InChI=1S/C9H21NO4S2/c1-9(10-2)5-4-6-16(13,14)8-7-15(3,11)12/h9-10H,4-8H2,1-3H3. The lowest BCUT2D eigenvalue weighted by molar-refractivity contribution is 0.548. The Morgan fingerprint density at radius 2 is 1.62 bits per heavy atom. The number of hydrogen-bond donors (Lipinski definition) is 1. The highest BCUT2D eigenvalue weighted by atomic mass is 32.2. The van der Waals surface area contributed by atoms with Crippen molar-refractivity contribution in [2.75, 3.05) is 30.6 Å². The Balaban J connectivity index is 3.98. The minimum absolute atomic E-state index is 0.0640. The van der Waals surface area contributed by atoms with Gasteiger partial charge in [0.15, 0.2) is 9.84 Å². The van der Waals surface area contributed by atoms with Gasteiger partial charge in [-0.1, -0.05) is 0 Å². The van der Waals surface area contributed by atoms with Crippen molar-refractivity contribution in [2.45, 2.75) is 25.8 Å². The highest BCUT2D eigenvalue weighted by Crippen LogP contribution is 2.02. The third-order valence-electron chi connectivity index (χ3n) is 2.35. The van der Waals surface area contributed by atoms with Gasteiger partial charge in [-0.3, -0.25) is 0 Å². The first-order chi connectivity index (χ1) is 7.16. The number of nitrogens with one attached hydrogen (secondary N) is 1. The van der Waals surface area contributed by atoms with Crippen molar-refractivity contribution in [3.63, 3.8) is 0 Å². The fourth-order valence-electron chi connectivity index (χ4n) is 1.13. The average molecular weight is 271 g/mol.